The molecule has 1 unspecified atom stereocenters. The Labute approximate surface area is 196 Å². The highest BCUT2D eigenvalue weighted by atomic mass is 32.1. The van der Waals surface area contributed by atoms with Gasteiger partial charge < -0.3 is 14.3 Å². The lowest BCUT2D eigenvalue weighted by Crippen LogP contribution is -2.52. The summed E-state index contributed by atoms with van der Waals surface area (Å²) in [6, 6.07) is 13.5. The minimum Gasteiger partial charge on any atom is -0.340 e. The Morgan fingerprint density at radius 3 is 2.58 bits per heavy atom. The molecule has 4 heterocycles. The monoisotopic (exact) mass is 465 g/mol. The van der Waals surface area contributed by atoms with Crippen LogP contribution in [0.4, 0.5) is 0 Å². The van der Waals surface area contributed by atoms with Gasteiger partial charge in [0.2, 0.25) is 17.6 Å². The molecule has 0 saturated carbocycles. The number of thiophene rings is 1. The summed E-state index contributed by atoms with van der Waals surface area (Å²) in [6.45, 7) is 4.69. The molecule has 9 heteroatoms. The van der Waals surface area contributed by atoms with E-state index in [1.54, 1.807) is 0 Å². The Kier molecular flexibility index (Phi) is 6.50. The van der Waals surface area contributed by atoms with Crippen molar-refractivity contribution >= 4 is 23.2 Å². The third-order valence-corrected chi connectivity index (χ3v) is 7.19. The van der Waals surface area contributed by atoms with Gasteiger partial charge in [-0.25, -0.2) is 0 Å². The summed E-state index contributed by atoms with van der Waals surface area (Å²) in [4.78, 5) is 37.1. The van der Waals surface area contributed by atoms with Gasteiger partial charge in [0.25, 0.3) is 5.91 Å². The van der Waals surface area contributed by atoms with Gasteiger partial charge in [-0.3, -0.25) is 14.5 Å². The summed E-state index contributed by atoms with van der Waals surface area (Å²) >= 11 is 1.45. The number of hydrogen-bond donors (Lipinski definition) is 0. The van der Waals surface area contributed by atoms with Crippen molar-refractivity contribution in [1.29, 1.82) is 0 Å². The summed E-state index contributed by atoms with van der Waals surface area (Å²) in [5, 5.41) is 6.00. The zero-order chi connectivity index (χ0) is 22.6. The number of piperidine rings is 1. The highest BCUT2D eigenvalue weighted by Gasteiger charge is 2.33. The van der Waals surface area contributed by atoms with E-state index in [0.29, 0.717) is 37.9 Å². The largest absolute Gasteiger partial charge is 0.340 e. The molecule has 8 nitrogen and oxygen atoms in total. The summed E-state index contributed by atoms with van der Waals surface area (Å²) in [5.41, 5.74) is 0.932. The zero-order valence-electron chi connectivity index (χ0n) is 18.4. The second-order valence-electron chi connectivity index (χ2n) is 8.55. The van der Waals surface area contributed by atoms with Crippen molar-refractivity contribution in [3.8, 4) is 11.4 Å². The number of hydrogen-bond acceptors (Lipinski definition) is 7. The zero-order valence-corrected chi connectivity index (χ0v) is 19.2. The van der Waals surface area contributed by atoms with E-state index in [9.17, 15) is 9.59 Å². The van der Waals surface area contributed by atoms with Crippen molar-refractivity contribution in [2.75, 3.05) is 39.3 Å². The number of amides is 2. The maximum atomic E-state index is 13.2. The average Bonchev–Trinajstić information content (AvgIpc) is 3.57. The van der Waals surface area contributed by atoms with Crippen LogP contribution in [0, 0.1) is 5.92 Å². The van der Waals surface area contributed by atoms with Crippen LogP contribution in [0.15, 0.2) is 52.4 Å². The van der Waals surface area contributed by atoms with Gasteiger partial charge >= 0.3 is 0 Å². The van der Waals surface area contributed by atoms with Crippen LogP contribution in [0.1, 0.15) is 28.4 Å². The van der Waals surface area contributed by atoms with Crippen LogP contribution < -0.4 is 0 Å². The van der Waals surface area contributed by atoms with Crippen molar-refractivity contribution in [3.63, 3.8) is 0 Å². The number of carbonyl (C=O) groups excluding carboxylic acids is 2. The second kappa shape index (κ2) is 9.84. The van der Waals surface area contributed by atoms with E-state index in [2.05, 4.69) is 15.0 Å². The summed E-state index contributed by atoms with van der Waals surface area (Å²) in [6.07, 6.45) is 1.71. The Balaban J connectivity index is 1.12. The van der Waals surface area contributed by atoms with Gasteiger partial charge in [0.1, 0.15) is 0 Å². The number of aromatic nitrogens is 2. The van der Waals surface area contributed by atoms with Crippen molar-refractivity contribution in [3.05, 3.63) is 58.6 Å². The SMILES string of the molecule is O=C(c1cccs1)N1CCCC(C(=O)N2CCN(Cc3nc(-c4ccccc4)no3)CC2)C1. The van der Waals surface area contributed by atoms with Crippen LogP contribution in [0.25, 0.3) is 11.4 Å². The summed E-state index contributed by atoms with van der Waals surface area (Å²) < 4.78 is 5.44. The van der Waals surface area contributed by atoms with E-state index in [-0.39, 0.29) is 17.7 Å². The Hall–Kier alpha value is -3.04. The fourth-order valence-electron chi connectivity index (χ4n) is 4.52. The molecule has 2 aromatic heterocycles. The second-order valence-corrected chi connectivity index (χ2v) is 9.49. The standard InChI is InChI=1S/C24H27N5O3S/c30-23(19-8-4-10-29(16-19)24(31)20-9-5-15-33-20)28-13-11-27(12-14-28)17-21-25-22(26-32-21)18-6-2-1-3-7-18/h1-3,5-7,9,15,19H,4,8,10-14,16-17H2. The van der Waals surface area contributed by atoms with E-state index in [1.165, 1.54) is 11.3 Å². The average molecular weight is 466 g/mol. The van der Waals surface area contributed by atoms with Gasteiger partial charge in [-0.15, -0.1) is 11.3 Å². The number of nitrogens with zero attached hydrogens (tertiary/aromatic N) is 5. The maximum absolute atomic E-state index is 13.2. The van der Waals surface area contributed by atoms with Crippen molar-refractivity contribution in [2.45, 2.75) is 19.4 Å². The van der Waals surface area contributed by atoms with E-state index in [1.807, 2.05) is 57.6 Å². The molecule has 0 bridgehead atoms. The molecular weight excluding hydrogens is 438 g/mol. The third-order valence-electron chi connectivity index (χ3n) is 6.33. The first kappa shape index (κ1) is 21.8. The minimum atomic E-state index is -0.112. The van der Waals surface area contributed by atoms with Gasteiger partial charge in [-0.1, -0.05) is 41.6 Å². The Morgan fingerprint density at radius 2 is 1.82 bits per heavy atom. The lowest BCUT2D eigenvalue weighted by Gasteiger charge is -2.38. The smallest absolute Gasteiger partial charge is 0.263 e. The first-order valence-corrected chi connectivity index (χ1v) is 12.3. The minimum absolute atomic E-state index is 0.0433. The first-order valence-electron chi connectivity index (χ1n) is 11.4. The van der Waals surface area contributed by atoms with Crippen molar-refractivity contribution < 1.29 is 14.1 Å². The molecule has 0 aliphatic carbocycles. The molecule has 2 amide bonds. The summed E-state index contributed by atoms with van der Waals surface area (Å²) in [7, 11) is 0. The molecule has 0 N–H and O–H groups in total. The molecule has 172 valence electrons. The number of piperazine rings is 1. The Morgan fingerprint density at radius 1 is 1.00 bits per heavy atom. The van der Waals surface area contributed by atoms with Crippen molar-refractivity contribution in [2.24, 2.45) is 5.92 Å². The predicted molar refractivity (Wildman–Crippen MR) is 125 cm³/mol. The Bertz CT molecular complexity index is 1080. The van der Waals surface area contributed by atoms with E-state index in [0.717, 1.165) is 42.9 Å². The van der Waals surface area contributed by atoms with Crippen LogP contribution in [0.3, 0.4) is 0 Å². The normalized spacial score (nSPS) is 19.6. The number of carbonyl (C=O) groups is 2. The quantitative estimate of drug-likeness (QED) is 0.576. The topological polar surface area (TPSA) is 82.8 Å². The molecular formula is C24H27N5O3S. The number of rotatable bonds is 5. The molecule has 0 spiro atoms. The number of likely N-dealkylation sites (tertiary alicyclic amines) is 1. The molecule has 3 aromatic rings. The number of benzene rings is 1. The molecule has 33 heavy (non-hydrogen) atoms. The highest BCUT2D eigenvalue weighted by Crippen LogP contribution is 2.23. The van der Waals surface area contributed by atoms with Gasteiger partial charge in [0.15, 0.2) is 0 Å². The molecule has 2 fully saturated rings. The van der Waals surface area contributed by atoms with Crippen LogP contribution >= 0.6 is 11.3 Å². The lowest BCUT2D eigenvalue weighted by atomic mass is 9.96. The van der Waals surface area contributed by atoms with E-state index < -0.39 is 0 Å². The highest BCUT2D eigenvalue weighted by molar-refractivity contribution is 7.12. The van der Waals surface area contributed by atoms with Crippen LogP contribution in [-0.2, 0) is 11.3 Å². The molecule has 2 saturated heterocycles. The maximum Gasteiger partial charge on any atom is 0.263 e. The lowest BCUT2D eigenvalue weighted by molar-refractivity contribution is -0.138. The van der Waals surface area contributed by atoms with Crippen LogP contribution in [0.5, 0.6) is 0 Å². The van der Waals surface area contributed by atoms with E-state index in [4.69, 9.17) is 4.52 Å². The van der Waals surface area contributed by atoms with E-state index >= 15 is 0 Å². The van der Waals surface area contributed by atoms with Crippen LogP contribution in [-0.4, -0.2) is 75.9 Å². The summed E-state index contributed by atoms with van der Waals surface area (Å²) in [5.74, 6) is 1.28. The fraction of sp³-hybridized carbons (Fsp3) is 0.417. The van der Waals surface area contributed by atoms with Gasteiger partial charge in [0, 0.05) is 44.8 Å². The van der Waals surface area contributed by atoms with Gasteiger partial charge in [-0.2, -0.15) is 4.98 Å². The molecule has 5 rings (SSSR count). The van der Waals surface area contributed by atoms with Gasteiger partial charge in [0.05, 0.1) is 17.3 Å². The van der Waals surface area contributed by atoms with Gasteiger partial charge in [-0.05, 0) is 24.3 Å². The first-order chi connectivity index (χ1) is 16.2. The predicted octanol–water partition coefficient (Wildman–Crippen LogP) is 2.99. The molecule has 2 aliphatic rings. The molecule has 1 atom stereocenters. The molecule has 2 aliphatic heterocycles. The van der Waals surface area contributed by atoms with Crippen molar-refractivity contribution in [1.82, 2.24) is 24.8 Å². The fourth-order valence-corrected chi connectivity index (χ4v) is 5.21. The van der Waals surface area contributed by atoms with Crippen LogP contribution in [0.2, 0.25) is 0 Å². The molecule has 0 radical (unpaired) electrons. The third kappa shape index (κ3) is 4.99. The molecule has 1 aromatic carbocycles.